The highest BCUT2D eigenvalue weighted by atomic mass is 19.1. The first-order valence-corrected chi connectivity index (χ1v) is 7.86. The van der Waals surface area contributed by atoms with Crippen molar-refractivity contribution in [2.75, 3.05) is 0 Å². The van der Waals surface area contributed by atoms with Crippen LogP contribution in [-0.4, -0.2) is 14.0 Å². The third kappa shape index (κ3) is 1.82. The maximum absolute atomic E-state index is 14.9. The van der Waals surface area contributed by atoms with Crippen LogP contribution in [0.2, 0.25) is 0 Å². The van der Waals surface area contributed by atoms with Crippen LogP contribution < -0.4 is 4.74 Å². The average molecular weight is 298 g/mol. The normalized spacial score (nSPS) is 19.5. The summed E-state index contributed by atoms with van der Waals surface area (Å²) in [5.41, 5.74) is 3.37. The van der Waals surface area contributed by atoms with Gasteiger partial charge in [-0.2, -0.15) is 0 Å². The van der Waals surface area contributed by atoms with E-state index >= 15 is 0 Å². The summed E-state index contributed by atoms with van der Waals surface area (Å²) >= 11 is 0. The van der Waals surface area contributed by atoms with E-state index in [9.17, 15) is 8.78 Å². The lowest BCUT2D eigenvalue weighted by Gasteiger charge is -2.27. The molecule has 2 aromatic carbocycles. The third-order valence-corrected chi connectivity index (χ3v) is 5.02. The van der Waals surface area contributed by atoms with Crippen molar-refractivity contribution in [2.24, 2.45) is 0 Å². The van der Waals surface area contributed by atoms with Crippen molar-refractivity contribution >= 4 is 7.85 Å². The summed E-state index contributed by atoms with van der Waals surface area (Å²) < 4.78 is 35.1. The molecule has 4 heteroatoms. The van der Waals surface area contributed by atoms with E-state index in [-0.39, 0.29) is 23.6 Å². The van der Waals surface area contributed by atoms with Gasteiger partial charge in [0.05, 0.1) is 6.10 Å². The molecule has 0 aliphatic heterocycles. The van der Waals surface area contributed by atoms with E-state index in [1.807, 2.05) is 20.0 Å². The second kappa shape index (κ2) is 4.84. The Morgan fingerprint density at radius 3 is 2.27 bits per heavy atom. The molecule has 22 heavy (non-hydrogen) atoms. The standard InChI is InChI=1S/C18H17BF2O/c1-9-5-6-11-12-7-8-13(22-10-3-2-4-10)18(21)15(12)16(19)14(11)17(9)20/h5-8,10,16H,2-4,19H2,1H3. The lowest BCUT2D eigenvalue weighted by Crippen LogP contribution is -2.25. The quantitative estimate of drug-likeness (QED) is 0.764. The highest BCUT2D eigenvalue weighted by Gasteiger charge is 2.33. The Labute approximate surface area is 129 Å². The van der Waals surface area contributed by atoms with Crippen LogP contribution in [-0.2, 0) is 0 Å². The van der Waals surface area contributed by atoms with Gasteiger partial charge >= 0.3 is 0 Å². The summed E-state index contributed by atoms with van der Waals surface area (Å²) in [4.78, 5) is 0. The van der Waals surface area contributed by atoms with Crippen molar-refractivity contribution in [3.63, 3.8) is 0 Å². The van der Waals surface area contributed by atoms with Gasteiger partial charge < -0.3 is 4.74 Å². The molecule has 2 aliphatic carbocycles. The maximum Gasteiger partial charge on any atom is 0.168 e. The van der Waals surface area contributed by atoms with Gasteiger partial charge in [0.25, 0.3) is 0 Å². The fraction of sp³-hybridized carbons (Fsp3) is 0.333. The molecule has 112 valence electrons. The molecule has 1 nitrogen and oxygen atoms in total. The van der Waals surface area contributed by atoms with Crippen LogP contribution in [0.5, 0.6) is 5.75 Å². The first-order chi connectivity index (χ1) is 10.6. The second-order valence-electron chi connectivity index (χ2n) is 6.39. The molecule has 0 aromatic heterocycles. The highest BCUT2D eigenvalue weighted by molar-refractivity contribution is 6.17. The molecule has 0 heterocycles. The number of aryl methyl sites for hydroxylation is 1. The zero-order chi connectivity index (χ0) is 15.4. The third-order valence-electron chi connectivity index (χ3n) is 5.02. The number of halogens is 2. The van der Waals surface area contributed by atoms with Crippen molar-refractivity contribution < 1.29 is 13.5 Å². The number of rotatable bonds is 2. The van der Waals surface area contributed by atoms with Crippen LogP contribution in [0, 0.1) is 18.6 Å². The molecular weight excluding hydrogens is 281 g/mol. The molecule has 0 spiro atoms. The van der Waals surface area contributed by atoms with Crippen LogP contribution in [0.15, 0.2) is 24.3 Å². The van der Waals surface area contributed by atoms with E-state index in [0.29, 0.717) is 22.4 Å². The second-order valence-corrected chi connectivity index (χ2v) is 6.39. The van der Waals surface area contributed by atoms with E-state index in [0.717, 1.165) is 30.4 Å². The average Bonchev–Trinajstić information content (AvgIpc) is 2.74. The number of ether oxygens (including phenoxy) is 1. The summed E-state index contributed by atoms with van der Waals surface area (Å²) in [7, 11) is 1.86. The summed E-state index contributed by atoms with van der Waals surface area (Å²) in [6, 6.07) is 7.20. The minimum Gasteiger partial charge on any atom is -0.487 e. The molecule has 2 aromatic rings. The van der Waals surface area contributed by atoms with Crippen molar-refractivity contribution in [2.45, 2.75) is 38.1 Å². The summed E-state index contributed by atoms with van der Waals surface area (Å²) in [5, 5.41) is 0. The molecule has 1 unspecified atom stereocenters. The number of benzene rings is 2. The minimum atomic E-state index is -0.329. The SMILES string of the molecule is BC1c2c(ccc(C)c2F)-c2ccc(OC3CCC3)c(F)c21. The van der Waals surface area contributed by atoms with E-state index in [4.69, 9.17) is 4.74 Å². The smallest absolute Gasteiger partial charge is 0.168 e. The summed E-state index contributed by atoms with van der Waals surface area (Å²) in [6.07, 6.45) is 3.25. The molecule has 0 amide bonds. The van der Waals surface area contributed by atoms with E-state index in [1.54, 1.807) is 19.1 Å². The molecule has 1 atom stereocenters. The summed E-state index contributed by atoms with van der Waals surface area (Å²) in [5.74, 6) is -0.526. The van der Waals surface area contributed by atoms with E-state index in [2.05, 4.69) is 0 Å². The lowest BCUT2D eigenvalue weighted by molar-refractivity contribution is 0.115. The zero-order valence-electron chi connectivity index (χ0n) is 12.7. The molecule has 4 rings (SSSR count). The van der Waals surface area contributed by atoms with Crippen molar-refractivity contribution in [3.8, 4) is 16.9 Å². The maximum atomic E-state index is 14.9. The van der Waals surface area contributed by atoms with Crippen LogP contribution in [0.1, 0.15) is 41.8 Å². The minimum absolute atomic E-state index is 0.130. The van der Waals surface area contributed by atoms with Gasteiger partial charge in [-0.05, 0) is 65.9 Å². The van der Waals surface area contributed by atoms with Crippen LogP contribution in [0.3, 0.4) is 0 Å². The molecule has 0 bridgehead atoms. The predicted molar refractivity (Wildman–Crippen MR) is 85.2 cm³/mol. The first-order valence-electron chi connectivity index (χ1n) is 7.86. The van der Waals surface area contributed by atoms with Crippen LogP contribution in [0.25, 0.3) is 11.1 Å². The number of hydrogen-bond donors (Lipinski definition) is 0. The zero-order valence-corrected chi connectivity index (χ0v) is 12.7. The first kappa shape index (κ1) is 13.8. The van der Waals surface area contributed by atoms with Crippen molar-refractivity contribution in [1.82, 2.24) is 0 Å². The van der Waals surface area contributed by atoms with Gasteiger partial charge in [-0.15, -0.1) is 0 Å². The van der Waals surface area contributed by atoms with Crippen LogP contribution >= 0.6 is 0 Å². The van der Waals surface area contributed by atoms with E-state index < -0.39 is 0 Å². The fourth-order valence-electron chi connectivity index (χ4n) is 3.49. The van der Waals surface area contributed by atoms with Gasteiger partial charge in [0, 0.05) is 0 Å². The highest BCUT2D eigenvalue weighted by Crippen LogP contribution is 2.48. The summed E-state index contributed by atoms with van der Waals surface area (Å²) in [6.45, 7) is 1.74. The van der Waals surface area contributed by atoms with Gasteiger partial charge in [0.2, 0.25) is 0 Å². The number of fused-ring (bicyclic) bond motifs is 3. The lowest BCUT2D eigenvalue weighted by atomic mass is 9.78. The fourth-order valence-corrected chi connectivity index (χ4v) is 3.49. The van der Waals surface area contributed by atoms with Gasteiger partial charge in [0.15, 0.2) is 11.6 Å². The van der Waals surface area contributed by atoms with Gasteiger partial charge in [0.1, 0.15) is 13.7 Å². The Kier molecular flexibility index (Phi) is 3.03. The Morgan fingerprint density at radius 2 is 1.64 bits per heavy atom. The topological polar surface area (TPSA) is 9.23 Å². The van der Waals surface area contributed by atoms with E-state index in [1.165, 1.54) is 0 Å². The Bertz CT molecular complexity index is 768. The Hall–Kier alpha value is -1.84. The molecule has 1 fully saturated rings. The largest absolute Gasteiger partial charge is 0.487 e. The monoisotopic (exact) mass is 298 g/mol. The predicted octanol–water partition coefficient (Wildman–Crippen LogP) is 3.91. The number of hydrogen-bond acceptors (Lipinski definition) is 1. The molecule has 1 saturated carbocycles. The molecule has 2 aliphatic rings. The molecule has 0 N–H and O–H groups in total. The van der Waals surface area contributed by atoms with Gasteiger partial charge in [-0.25, -0.2) is 8.78 Å². The van der Waals surface area contributed by atoms with Gasteiger partial charge in [-0.1, -0.05) is 18.2 Å². The molecule has 0 radical (unpaired) electrons. The molecular formula is C18H17BF2O. The van der Waals surface area contributed by atoms with Gasteiger partial charge in [-0.3, -0.25) is 0 Å². The molecule has 0 saturated heterocycles. The Morgan fingerprint density at radius 1 is 1.00 bits per heavy atom. The van der Waals surface area contributed by atoms with Crippen LogP contribution in [0.4, 0.5) is 8.78 Å². The Balaban J connectivity index is 1.83. The van der Waals surface area contributed by atoms with Crippen molar-refractivity contribution in [1.29, 1.82) is 0 Å². The van der Waals surface area contributed by atoms with Crippen molar-refractivity contribution in [3.05, 3.63) is 52.6 Å².